The summed E-state index contributed by atoms with van der Waals surface area (Å²) in [5.74, 6) is -1.34. The molecule has 3 aliphatic rings. The van der Waals surface area contributed by atoms with E-state index in [0.29, 0.717) is 51.1 Å². The van der Waals surface area contributed by atoms with Crippen LogP contribution in [0.25, 0.3) is 0 Å². The molecule has 4 N–H and O–H groups in total. The molecular formula is C45H70N8O6S2. The summed E-state index contributed by atoms with van der Waals surface area (Å²) in [5.41, 5.74) is 1.86. The van der Waals surface area contributed by atoms with Crippen LogP contribution in [0.1, 0.15) is 97.1 Å². The van der Waals surface area contributed by atoms with Gasteiger partial charge in [0.05, 0.1) is 12.1 Å². The summed E-state index contributed by atoms with van der Waals surface area (Å²) in [7, 11) is 3.64. The SMILES string of the molecule is C=CCNC(=O)C(=O)C(CCC1CCC1)NC(=O)C1CCCN1C(=O)C(NC(=O)NC(CN(C)OSN(C)c1ccccn1)C(C)(C)C)C1Cc2ccccc2C1.CCC.S. The van der Waals surface area contributed by atoms with Crippen LogP contribution in [0, 0.1) is 17.3 Å². The maximum atomic E-state index is 14.7. The fourth-order valence-electron chi connectivity index (χ4n) is 7.67. The van der Waals surface area contributed by atoms with Crippen molar-refractivity contribution in [3.8, 4) is 0 Å². The van der Waals surface area contributed by atoms with Crippen molar-refractivity contribution >= 4 is 61.1 Å². The Kier molecular flexibility index (Phi) is 21.1. The lowest BCUT2D eigenvalue weighted by molar-refractivity contribution is -0.143. The number of likely N-dealkylation sites (tertiary alicyclic amines) is 1. The van der Waals surface area contributed by atoms with E-state index < -0.39 is 41.8 Å². The van der Waals surface area contributed by atoms with Crippen molar-refractivity contribution < 1.29 is 28.3 Å². The summed E-state index contributed by atoms with van der Waals surface area (Å²) in [4.78, 5) is 74.5. The predicted molar refractivity (Wildman–Crippen MR) is 248 cm³/mol. The van der Waals surface area contributed by atoms with E-state index in [1.54, 1.807) is 27.5 Å². The van der Waals surface area contributed by atoms with Crippen molar-refractivity contribution in [2.45, 2.75) is 123 Å². The number of hydrogen-bond acceptors (Lipinski definition) is 10. The molecule has 2 aromatic rings. The van der Waals surface area contributed by atoms with Gasteiger partial charge in [-0.15, -0.1) is 6.58 Å². The van der Waals surface area contributed by atoms with Crippen LogP contribution in [-0.4, -0.2) is 102 Å². The van der Waals surface area contributed by atoms with Gasteiger partial charge in [-0.1, -0.05) is 96.7 Å². The van der Waals surface area contributed by atoms with E-state index in [2.05, 4.69) is 46.7 Å². The summed E-state index contributed by atoms with van der Waals surface area (Å²) < 4.78 is 7.72. The number of rotatable bonds is 19. The molecule has 1 saturated carbocycles. The number of hydrogen-bond donors (Lipinski definition) is 4. The molecule has 14 nitrogen and oxygen atoms in total. The van der Waals surface area contributed by atoms with Crippen LogP contribution in [0.3, 0.4) is 0 Å². The Morgan fingerprint density at radius 2 is 1.62 bits per heavy atom. The summed E-state index contributed by atoms with van der Waals surface area (Å²) >= 11 is 1.11. The average molecular weight is 883 g/mol. The molecule has 4 unspecified atom stereocenters. The molecule has 1 aromatic carbocycles. The van der Waals surface area contributed by atoms with Gasteiger partial charge in [0.2, 0.25) is 17.6 Å². The van der Waals surface area contributed by atoms with Gasteiger partial charge < -0.3 is 26.2 Å². The first-order valence-electron chi connectivity index (χ1n) is 21.5. The molecule has 338 valence electrons. The zero-order chi connectivity index (χ0) is 43.8. The molecule has 5 rings (SSSR count). The number of nitrogens with one attached hydrogen (secondary N) is 4. The largest absolute Gasteiger partial charge is 0.346 e. The van der Waals surface area contributed by atoms with Crippen molar-refractivity contribution in [1.82, 2.24) is 36.2 Å². The maximum Gasteiger partial charge on any atom is 0.315 e. The van der Waals surface area contributed by atoms with E-state index in [1.165, 1.54) is 12.5 Å². The quantitative estimate of drug-likeness (QED) is 0.0439. The van der Waals surface area contributed by atoms with E-state index in [4.69, 9.17) is 4.28 Å². The number of aromatic nitrogens is 1. The summed E-state index contributed by atoms with van der Waals surface area (Å²) in [6, 6.07) is 9.98. The predicted octanol–water partition coefficient (Wildman–Crippen LogP) is 5.90. The maximum absolute atomic E-state index is 14.7. The number of fused-ring (bicyclic) bond motifs is 1. The number of carbonyl (C=O) groups is 5. The molecule has 1 saturated heterocycles. The van der Waals surface area contributed by atoms with E-state index in [-0.39, 0.29) is 43.3 Å². The highest BCUT2D eigenvalue weighted by molar-refractivity contribution is 7.96. The van der Waals surface area contributed by atoms with Crippen LogP contribution in [0.15, 0.2) is 61.3 Å². The number of ketones is 1. The number of anilines is 1. The first kappa shape index (κ1) is 51.2. The lowest BCUT2D eigenvalue weighted by Crippen LogP contribution is -2.60. The number of nitrogens with zero attached hydrogens (tertiary/aromatic N) is 4. The fraction of sp³-hybridized carbons (Fsp3) is 0.600. The molecule has 2 heterocycles. The van der Waals surface area contributed by atoms with Gasteiger partial charge in [-0.3, -0.25) is 23.5 Å². The van der Waals surface area contributed by atoms with Gasteiger partial charge in [0.15, 0.2) is 0 Å². The molecule has 0 spiro atoms. The van der Waals surface area contributed by atoms with E-state index >= 15 is 0 Å². The van der Waals surface area contributed by atoms with Gasteiger partial charge in [0.1, 0.15) is 30.1 Å². The second-order valence-electron chi connectivity index (χ2n) is 17.3. The molecule has 2 aliphatic carbocycles. The molecular weight excluding hydrogens is 813 g/mol. The minimum atomic E-state index is -1.00. The lowest BCUT2D eigenvalue weighted by atomic mass is 9.81. The molecule has 5 amide bonds. The van der Waals surface area contributed by atoms with Crippen molar-refractivity contribution in [3.05, 3.63) is 72.4 Å². The number of amides is 5. The van der Waals surface area contributed by atoms with Gasteiger partial charge in [0.25, 0.3) is 5.91 Å². The molecule has 16 heteroatoms. The molecule has 4 atom stereocenters. The third kappa shape index (κ3) is 15.3. The third-order valence-corrected chi connectivity index (χ3v) is 12.1. The highest BCUT2D eigenvalue weighted by Gasteiger charge is 2.43. The third-order valence-electron chi connectivity index (χ3n) is 11.3. The van der Waals surface area contributed by atoms with Crippen LogP contribution in [-0.2, 0) is 36.3 Å². The Labute approximate surface area is 374 Å². The number of likely N-dealkylation sites (N-methyl/N-ethyl adjacent to an activating group) is 1. The first-order chi connectivity index (χ1) is 28.7. The van der Waals surface area contributed by atoms with Crippen LogP contribution in [0.5, 0.6) is 0 Å². The Hall–Kier alpha value is -4.12. The monoisotopic (exact) mass is 882 g/mol. The number of carbonyl (C=O) groups excluding carboxylic acids is 5. The standard InChI is InChI=1S/C42H60N8O6S.C3H8.H2S/c1-7-22-44-39(53)37(51)32(21-20-28-14-12-15-28)45-38(52)33-18-13-24-50(33)40(54)36(31-25-29-16-8-9-17-30(29)26-31)47-41(55)46-34(42(2,3)4)27-48(5)56-57-49(6)35-19-10-11-23-43-35;1-3-2;/h7-11,16-17,19,23,28,31-34,36H,1,12-15,18,20-22,24-27H2,2-6H3,(H,44,53)(H,45,52)(H2,46,47,55);3H2,1-2H3;1H2. The molecule has 1 aromatic heterocycles. The molecule has 1 aliphatic heterocycles. The van der Waals surface area contributed by atoms with Crippen LogP contribution in [0.4, 0.5) is 10.6 Å². The van der Waals surface area contributed by atoms with Crippen molar-refractivity contribution in [2.75, 3.05) is 38.0 Å². The topological polar surface area (TPSA) is 165 Å². The van der Waals surface area contributed by atoms with E-state index in [0.717, 1.165) is 54.9 Å². The molecule has 0 bridgehead atoms. The number of Topliss-reactive ketones (excluding diaryl/α,β-unsaturated/α-hetero) is 1. The Morgan fingerprint density at radius 1 is 0.967 bits per heavy atom. The van der Waals surface area contributed by atoms with Crippen molar-refractivity contribution in [1.29, 1.82) is 0 Å². The molecule has 0 radical (unpaired) electrons. The highest BCUT2D eigenvalue weighted by atomic mass is 32.2. The average Bonchev–Trinajstić information content (AvgIpc) is 3.88. The summed E-state index contributed by atoms with van der Waals surface area (Å²) in [6.07, 6.45) is 11.0. The van der Waals surface area contributed by atoms with Crippen LogP contribution >= 0.6 is 25.7 Å². The minimum absolute atomic E-state index is 0. The number of pyridine rings is 1. The second kappa shape index (κ2) is 25.1. The van der Waals surface area contributed by atoms with E-state index in [1.807, 2.05) is 70.3 Å². The lowest BCUT2D eigenvalue weighted by Gasteiger charge is -2.36. The second-order valence-corrected chi connectivity index (χ2v) is 18.1. The Balaban J connectivity index is 0.00000241. The van der Waals surface area contributed by atoms with Gasteiger partial charge in [0, 0.05) is 39.9 Å². The Morgan fingerprint density at radius 3 is 2.20 bits per heavy atom. The molecule has 61 heavy (non-hydrogen) atoms. The van der Waals surface area contributed by atoms with Gasteiger partial charge >= 0.3 is 6.03 Å². The highest BCUT2D eigenvalue weighted by Crippen LogP contribution is 2.33. The van der Waals surface area contributed by atoms with Crippen LogP contribution < -0.4 is 25.6 Å². The van der Waals surface area contributed by atoms with E-state index in [9.17, 15) is 24.0 Å². The van der Waals surface area contributed by atoms with Gasteiger partial charge in [-0.05, 0) is 79.0 Å². The first-order valence-corrected chi connectivity index (χ1v) is 22.2. The Bertz CT molecular complexity index is 1720. The van der Waals surface area contributed by atoms with Crippen LogP contribution in [0.2, 0.25) is 0 Å². The fourth-order valence-corrected chi connectivity index (χ4v) is 8.13. The summed E-state index contributed by atoms with van der Waals surface area (Å²) in [5, 5.41) is 13.2. The van der Waals surface area contributed by atoms with Crippen molar-refractivity contribution in [2.24, 2.45) is 17.3 Å². The van der Waals surface area contributed by atoms with Gasteiger partial charge in [-0.25, -0.2) is 14.1 Å². The van der Waals surface area contributed by atoms with Crippen molar-refractivity contribution in [3.63, 3.8) is 0 Å². The number of hydroxylamine groups is 2. The van der Waals surface area contributed by atoms with Gasteiger partial charge in [-0.2, -0.15) is 18.6 Å². The number of urea groups is 1. The summed E-state index contributed by atoms with van der Waals surface area (Å²) in [6.45, 7) is 14.7. The number of benzene rings is 1. The zero-order valence-corrected chi connectivity index (χ0v) is 39.0. The zero-order valence-electron chi connectivity index (χ0n) is 37.2. The smallest absolute Gasteiger partial charge is 0.315 e. The minimum Gasteiger partial charge on any atom is -0.346 e. The molecule has 2 fully saturated rings. The normalized spacial score (nSPS) is 17.6.